The van der Waals surface area contributed by atoms with Gasteiger partial charge in [0.15, 0.2) is 0 Å². The Hall–Kier alpha value is -0.290. The highest BCUT2D eigenvalue weighted by atomic mass is 19.4. The van der Waals surface area contributed by atoms with Crippen LogP contribution in [0.2, 0.25) is 0 Å². The van der Waals surface area contributed by atoms with Gasteiger partial charge in [0.05, 0.1) is 12.0 Å². The van der Waals surface area contributed by atoms with Crippen molar-refractivity contribution in [3.8, 4) is 0 Å². The maximum absolute atomic E-state index is 12.5. The second-order valence-electron chi connectivity index (χ2n) is 5.57. The van der Waals surface area contributed by atoms with Crippen molar-refractivity contribution in [3.63, 3.8) is 0 Å². The number of hydrogen-bond acceptors (Lipinski definition) is 2. The number of rotatable bonds is 3. The quantitative estimate of drug-likeness (QED) is 0.845. The molecule has 2 aliphatic carbocycles. The van der Waals surface area contributed by atoms with Gasteiger partial charge in [0.25, 0.3) is 0 Å². The van der Waals surface area contributed by atoms with E-state index in [1.165, 1.54) is 0 Å². The molecule has 106 valence electrons. The molecule has 0 radical (unpaired) electrons. The summed E-state index contributed by atoms with van der Waals surface area (Å²) < 4.78 is 43.0. The van der Waals surface area contributed by atoms with E-state index in [4.69, 9.17) is 4.74 Å². The average molecular weight is 265 g/mol. The largest absolute Gasteiger partial charge is 0.391 e. The molecule has 2 aliphatic rings. The van der Waals surface area contributed by atoms with Gasteiger partial charge >= 0.3 is 6.18 Å². The van der Waals surface area contributed by atoms with Crippen LogP contribution in [-0.4, -0.2) is 31.5 Å². The third-order valence-electron chi connectivity index (χ3n) is 4.40. The Bertz CT molecular complexity index is 261. The van der Waals surface area contributed by atoms with Crippen molar-refractivity contribution in [3.05, 3.63) is 0 Å². The van der Waals surface area contributed by atoms with E-state index in [1.807, 2.05) is 0 Å². The van der Waals surface area contributed by atoms with Gasteiger partial charge in [-0.25, -0.2) is 0 Å². The van der Waals surface area contributed by atoms with E-state index in [1.54, 1.807) is 7.11 Å². The minimum Gasteiger partial charge on any atom is -0.380 e. The average Bonchev–Trinajstić information content (AvgIpc) is 2.76. The van der Waals surface area contributed by atoms with Gasteiger partial charge in [0.2, 0.25) is 0 Å². The Morgan fingerprint density at radius 1 is 1.00 bits per heavy atom. The van der Waals surface area contributed by atoms with Crippen molar-refractivity contribution >= 4 is 0 Å². The number of halogens is 3. The molecule has 0 aliphatic heterocycles. The van der Waals surface area contributed by atoms with E-state index in [2.05, 4.69) is 5.32 Å². The first-order valence-electron chi connectivity index (χ1n) is 6.86. The second-order valence-corrected chi connectivity index (χ2v) is 5.57. The van der Waals surface area contributed by atoms with Gasteiger partial charge in [-0.15, -0.1) is 0 Å². The first-order valence-corrected chi connectivity index (χ1v) is 6.86. The van der Waals surface area contributed by atoms with Crippen molar-refractivity contribution in [1.82, 2.24) is 5.32 Å². The Kier molecular flexibility index (Phi) is 4.54. The zero-order valence-corrected chi connectivity index (χ0v) is 10.8. The molecule has 2 nitrogen and oxygen atoms in total. The highest BCUT2D eigenvalue weighted by Gasteiger charge is 2.42. The van der Waals surface area contributed by atoms with Crippen LogP contribution < -0.4 is 5.32 Å². The number of nitrogens with one attached hydrogen (secondary N) is 1. The summed E-state index contributed by atoms with van der Waals surface area (Å²) in [6.07, 6.45) is 1.33. The van der Waals surface area contributed by atoms with Gasteiger partial charge in [0.1, 0.15) is 0 Å². The molecular formula is C13H22F3NO. The Morgan fingerprint density at radius 3 is 2.22 bits per heavy atom. The third kappa shape index (κ3) is 3.38. The number of alkyl halides is 3. The van der Waals surface area contributed by atoms with E-state index in [9.17, 15) is 13.2 Å². The number of hydrogen-bond donors (Lipinski definition) is 1. The van der Waals surface area contributed by atoms with Crippen molar-refractivity contribution in [2.75, 3.05) is 7.11 Å². The van der Waals surface area contributed by atoms with Crippen LogP contribution in [0.25, 0.3) is 0 Å². The summed E-state index contributed by atoms with van der Waals surface area (Å²) in [5, 5.41) is 3.50. The van der Waals surface area contributed by atoms with E-state index < -0.39 is 12.1 Å². The molecule has 0 heterocycles. The van der Waals surface area contributed by atoms with Gasteiger partial charge < -0.3 is 10.1 Å². The molecule has 18 heavy (non-hydrogen) atoms. The maximum atomic E-state index is 12.5. The summed E-state index contributed by atoms with van der Waals surface area (Å²) >= 11 is 0. The zero-order valence-electron chi connectivity index (χ0n) is 10.8. The van der Waals surface area contributed by atoms with Crippen LogP contribution in [0.5, 0.6) is 0 Å². The molecule has 0 bridgehead atoms. The molecule has 1 N–H and O–H groups in total. The highest BCUT2D eigenvalue weighted by molar-refractivity contribution is 4.89. The first kappa shape index (κ1) is 14.1. The van der Waals surface area contributed by atoms with Gasteiger partial charge in [-0.05, 0) is 44.9 Å². The van der Waals surface area contributed by atoms with Crippen LogP contribution in [0.3, 0.4) is 0 Å². The van der Waals surface area contributed by atoms with Crippen LogP contribution in [0.4, 0.5) is 13.2 Å². The molecular weight excluding hydrogens is 243 g/mol. The molecule has 0 amide bonds. The van der Waals surface area contributed by atoms with E-state index in [-0.39, 0.29) is 25.0 Å². The van der Waals surface area contributed by atoms with Crippen molar-refractivity contribution in [2.24, 2.45) is 5.92 Å². The number of ether oxygens (including phenoxy) is 1. The lowest BCUT2D eigenvalue weighted by Gasteiger charge is -2.33. The highest BCUT2D eigenvalue weighted by Crippen LogP contribution is 2.38. The SMILES string of the molecule is COC1CCCC1NC1CCC(C(F)(F)F)CC1. The topological polar surface area (TPSA) is 21.3 Å². The summed E-state index contributed by atoms with van der Waals surface area (Å²) in [5.74, 6) is -1.09. The molecule has 2 fully saturated rings. The van der Waals surface area contributed by atoms with E-state index in [0.717, 1.165) is 19.3 Å². The third-order valence-corrected chi connectivity index (χ3v) is 4.40. The van der Waals surface area contributed by atoms with E-state index >= 15 is 0 Å². The minimum atomic E-state index is -4.01. The monoisotopic (exact) mass is 265 g/mol. The summed E-state index contributed by atoms with van der Waals surface area (Å²) in [5.41, 5.74) is 0. The number of methoxy groups -OCH3 is 1. The fraction of sp³-hybridized carbons (Fsp3) is 1.00. The Morgan fingerprint density at radius 2 is 1.67 bits per heavy atom. The molecule has 0 aromatic heterocycles. The second kappa shape index (κ2) is 5.78. The summed E-state index contributed by atoms with van der Waals surface area (Å²) in [6.45, 7) is 0. The molecule has 2 atom stereocenters. The summed E-state index contributed by atoms with van der Waals surface area (Å²) in [4.78, 5) is 0. The Balaban J connectivity index is 1.77. The molecule has 0 aromatic carbocycles. The molecule has 2 unspecified atom stereocenters. The van der Waals surface area contributed by atoms with Crippen LogP contribution in [0.1, 0.15) is 44.9 Å². The fourth-order valence-corrected chi connectivity index (χ4v) is 3.29. The van der Waals surface area contributed by atoms with Crippen molar-refractivity contribution in [2.45, 2.75) is 69.3 Å². The van der Waals surface area contributed by atoms with Crippen molar-refractivity contribution in [1.29, 1.82) is 0 Å². The van der Waals surface area contributed by atoms with Crippen molar-refractivity contribution < 1.29 is 17.9 Å². The first-order chi connectivity index (χ1) is 8.50. The molecule has 5 heteroatoms. The molecule has 0 saturated heterocycles. The van der Waals surface area contributed by atoms with E-state index in [0.29, 0.717) is 18.9 Å². The lowest BCUT2D eigenvalue weighted by Crippen LogP contribution is -2.45. The normalized spacial score (nSPS) is 38.0. The summed E-state index contributed by atoms with van der Waals surface area (Å²) in [6, 6.07) is 0.576. The molecule has 0 aromatic rings. The van der Waals surface area contributed by atoms with Gasteiger partial charge in [-0.2, -0.15) is 13.2 Å². The molecule has 0 spiro atoms. The predicted molar refractivity (Wildman–Crippen MR) is 63.4 cm³/mol. The standard InChI is InChI=1S/C13H22F3NO/c1-18-12-4-2-3-11(12)17-10-7-5-9(6-8-10)13(14,15)16/h9-12,17H,2-8H2,1H3. The minimum absolute atomic E-state index is 0.240. The molecule has 2 saturated carbocycles. The molecule has 2 rings (SSSR count). The Labute approximate surface area is 106 Å². The maximum Gasteiger partial charge on any atom is 0.391 e. The van der Waals surface area contributed by atoms with Gasteiger partial charge in [-0.3, -0.25) is 0 Å². The van der Waals surface area contributed by atoms with Crippen LogP contribution >= 0.6 is 0 Å². The van der Waals surface area contributed by atoms with Crippen LogP contribution in [0, 0.1) is 5.92 Å². The summed E-state index contributed by atoms with van der Waals surface area (Å²) in [7, 11) is 1.71. The lowest BCUT2D eigenvalue weighted by molar-refractivity contribution is -0.182. The fourth-order valence-electron chi connectivity index (χ4n) is 3.29. The zero-order chi connectivity index (χ0) is 13.2. The van der Waals surface area contributed by atoms with Gasteiger partial charge in [-0.1, -0.05) is 0 Å². The predicted octanol–water partition coefficient (Wildman–Crippen LogP) is 3.26. The van der Waals surface area contributed by atoms with Crippen LogP contribution in [0.15, 0.2) is 0 Å². The van der Waals surface area contributed by atoms with Crippen LogP contribution in [-0.2, 0) is 4.74 Å². The lowest BCUT2D eigenvalue weighted by atomic mass is 9.85. The smallest absolute Gasteiger partial charge is 0.380 e. The van der Waals surface area contributed by atoms with Gasteiger partial charge in [0, 0.05) is 19.2 Å².